The van der Waals surface area contributed by atoms with E-state index in [0.717, 1.165) is 11.3 Å². The van der Waals surface area contributed by atoms with Gasteiger partial charge in [0.25, 0.3) is 0 Å². The summed E-state index contributed by atoms with van der Waals surface area (Å²) in [7, 11) is 0. The van der Waals surface area contributed by atoms with Gasteiger partial charge < -0.3 is 10.1 Å². The zero-order chi connectivity index (χ0) is 23.8. The smallest absolute Gasteiger partial charge is 0.338 e. The minimum atomic E-state index is -1.42. The lowest BCUT2D eigenvalue weighted by Gasteiger charge is -2.36. The minimum Gasteiger partial charge on any atom is -0.462 e. The van der Waals surface area contributed by atoms with Gasteiger partial charge in [-0.15, -0.1) is 0 Å². The number of carbonyl (C=O) groups excluding carboxylic acids is 4. The second-order valence-corrected chi connectivity index (χ2v) is 9.10. The number of carbonyl (C=O) groups is 4. The fourth-order valence-corrected chi connectivity index (χ4v) is 6.39. The van der Waals surface area contributed by atoms with Crippen molar-refractivity contribution in [2.75, 3.05) is 23.4 Å². The van der Waals surface area contributed by atoms with Crippen LogP contribution in [0.15, 0.2) is 42.5 Å². The average Bonchev–Trinajstić information content (AvgIpc) is 3.53. The topological polar surface area (TPSA) is 96.0 Å². The van der Waals surface area contributed by atoms with Gasteiger partial charge in [-0.2, -0.15) is 0 Å². The van der Waals surface area contributed by atoms with E-state index in [2.05, 4.69) is 5.32 Å². The zero-order valence-electron chi connectivity index (χ0n) is 18.4. The van der Waals surface area contributed by atoms with Gasteiger partial charge >= 0.3 is 5.97 Å². The van der Waals surface area contributed by atoms with Crippen molar-refractivity contribution in [2.24, 2.45) is 11.8 Å². The average molecular weight is 463 g/mol. The molecule has 4 atom stereocenters. The number of hydrogen-bond donors (Lipinski definition) is 1. The number of nitrogens with one attached hydrogen (secondary N) is 1. The van der Waals surface area contributed by atoms with Crippen LogP contribution < -0.4 is 10.2 Å². The highest BCUT2D eigenvalue weighted by Crippen LogP contribution is 2.60. The molecule has 34 heavy (non-hydrogen) atoms. The van der Waals surface area contributed by atoms with E-state index in [1.807, 2.05) is 4.90 Å². The largest absolute Gasteiger partial charge is 0.462 e. The molecule has 0 aliphatic carbocycles. The maximum atomic E-state index is 14.3. The molecule has 2 aromatic rings. The zero-order valence-corrected chi connectivity index (χ0v) is 18.4. The van der Waals surface area contributed by atoms with Crippen LogP contribution >= 0.6 is 0 Å². The molecule has 4 aliphatic heterocycles. The van der Waals surface area contributed by atoms with Crippen molar-refractivity contribution in [3.63, 3.8) is 0 Å². The van der Waals surface area contributed by atoms with Crippen LogP contribution in [0.3, 0.4) is 0 Å². The Hall–Kier alpha value is -3.59. The summed E-state index contributed by atoms with van der Waals surface area (Å²) >= 11 is 0. The molecule has 1 N–H and O–H groups in total. The van der Waals surface area contributed by atoms with E-state index in [4.69, 9.17) is 4.74 Å². The summed E-state index contributed by atoms with van der Waals surface area (Å²) in [6.45, 7) is 2.49. The number of ether oxygens (including phenoxy) is 1. The van der Waals surface area contributed by atoms with Crippen LogP contribution in [0, 0.1) is 17.7 Å². The number of esters is 1. The molecule has 2 aromatic carbocycles. The van der Waals surface area contributed by atoms with Crippen LogP contribution in [0.4, 0.5) is 15.8 Å². The molecule has 0 radical (unpaired) electrons. The summed E-state index contributed by atoms with van der Waals surface area (Å²) in [6, 6.07) is 9.87. The number of fused-ring (bicyclic) bond motifs is 7. The van der Waals surface area contributed by atoms with Crippen LogP contribution in [0.5, 0.6) is 0 Å². The molecule has 3 saturated heterocycles. The fraction of sp³-hybridized carbons (Fsp3) is 0.360. The third-order valence-corrected chi connectivity index (χ3v) is 7.59. The summed E-state index contributed by atoms with van der Waals surface area (Å²) in [4.78, 5) is 56.1. The van der Waals surface area contributed by atoms with Gasteiger partial charge in [-0.25, -0.2) is 14.1 Å². The molecule has 0 bridgehead atoms. The minimum absolute atomic E-state index is 0.233. The quantitative estimate of drug-likeness (QED) is 0.555. The third-order valence-electron chi connectivity index (χ3n) is 7.59. The molecule has 3 amide bonds. The first kappa shape index (κ1) is 21.0. The van der Waals surface area contributed by atoms with E-state index in [-0.39, 0.29) is 18.6 Å². The van der Waals surface area contributed by atoms with Gasteiger partial charge in [-0.05, 0) is 68.8 Å². The summed E-state index contributed by atoms with van der Waals surface area (Å²) < 4.78 is 19.3. The molecule has 174 valence electrons. The number of imide groups is 1. The van der Waals surface area contributed by atoms with Gasteiger partial charge in [-0.1, -0.05) is 0 Å². The molecule has 8 nitrogen and oxygen atoms in total. The highest BCUT2D eigenvalue weighted by molar-refractivity contribution is 6.25. The molecule has 9 heteroatoms. The van der Waals surface area contributed by atoms with Gasteiger partial charge in [0.15, 0.2) is 0 Å². The van der Waals surface area contributed by atoms with Gasteiger partial charge in [-0.3, -0.25) is 19.3 Å². The maximum Gasteiger partial charge on any atom is 0.338 e. The van der Waals surface area contributed by atoms with Crippen molar-refractivity contribution in [2.45, 2.75) is 31.3 Å². The summed E-state index contributed by atoms with van der Waals surface area (Å²) in [6.07, 6.45) is 1.46. The Morgan fingerprint density at radius 3 is 2.65 bits per heavy atom. The first-order chi connectivity index (χ1) is 16.4. The van der Waals surface area contributed by atoms with Gasteiger partial charge in [0.2, 0.25) is 17.7 Å². The molecule has 1 spiro atoms. The second-order valence-electron chi connectivity index (χ2n) is 9.10. The Labute approximate surface area is 194 Å². The van der Waals surface area contributed by atoms with Crippen molar-refractivity contribution in [1.29, 1.82) is 0 Å². The Kier molecular flexibility index (Phi) is 4.44. The Balaban J connectivity index is 1.45. The van der Waals surface area contributed by atoms with Crippen LogP contribution in [-0.4, -0.2) is 47.8 Å². The predicted molar refractivity (Wildman–Crippen MR) is 118 cm³/mol. The third kappa shape index (κ3) is 2.50. The molecule has 3 fully saturated rings. The lowest BCUT2D eigenvalue weighted by molar-refractivity contribution is -0.135. The van der Waals surface area contributed by atoms with Gasteiger partial charge in [0.05, 0.1) is 29.7 Å². The molecule has 0 aromatic heterocycles. The van der Waals surface area contributed by atoms with Crippen molar-refractivity contribution >= 4 is 35.1 Å². The Morgan fingerprint density at radius 1 is 1.15 bits per heavy atom. The van der Waals surface area contributed by atoms with E-state index >= 15 is 0 Å². The fourth-order valence-electron chi connectivity index (χ4n) is 6.39. The number of nitrogens with zero attached hydrogens (tertiary/aromatic N) is 2. The van der Waals surface area contributed by atoms with E-state index in [9.17, 15) is 23.6 Å². The summed E-state index contributed by atoms with van der Waals surface area (Å²) in [5, 5.41) is 2.82. The van der Waals surface area contributed by atoms with Crippen molar-refractivity contribution in [3.05, 3.63) is 59.4 Å². The Bertz CT molecular complexity index is 1260. The standard InChI is InChI=1S/C25H22FN3O5/c1-2-34-23(32)13-5-8-15(9-6-13)29-21(30)19-18-4-3-11-28(18)25(20(19)22(29)31)16-12-14(26)7-10-17(16)27-24(25)33/h5-10,12,18-20H,2-4,11H2,1H3,(H,27,33)/t18-,19-,20+,25-/m1/s1. The first-order valence-corrected chi connectivity index (χ1v) is 11.4. The molecule has 0 unspecified atom stereocenters. The molecule has 0 saturated carbocycles. The van der Waals surface area contributed by atoms with Crippen LogP contribution in [-0.2, 0) is 24.7 Å². The summed E-state index contributed by atoms with van der Waals surface area (Å²) in [5.41, 5.74) is 0.0981. The van der Waals surface area contributed by atoms with Crippen LogP contribution in [0.1, 0.15) is 35.7 Å². The maximum absolute atomic E-state index is 14.3. The predicted octanol–water partition coefficient (Wildman–Crippen LogP) is 2.43. The lowest BCUT2D eigenvalue weighted by Crippen LogP contribution is -2.54. The van der Waals surface area contributed by atoms with Crippen molar-refractivity contribution in [1.82, 2.24) is 4.90 Å². The van der Waals surface area contributed by atoms with E-state index in [1.165, 1.54) is 42.5 Å². The highest BCUT2D eigenvalue weighted by Gasteiger charge is 2.74. The molecule has 4 heterocycles. The molecule has 4 aliphatic rings. The van der Waals surface area contributed by atoms with E-state index in [0.29, 0.717) is 35.5 Å². The molecular formula is C25H22FN3O5. The molecular weight excluding hydrogens is 441 g/mol. The number of hydrogen-bond acceptors (Lipinski definition) is 6. The number of rotatable bonds is 3. The van der Waals surface area contributed by atoms with Gasteiger partial charge in [0, 0.05) is 17.3 Å². The van der Waals surface area contributed by atoms with Gasteiger partial charge in [0.1, 0.15) is 11.4 Å². The number of anilines is 2. The van der Waals surface area contributed by atoms with E-state index < -0.39 is 41.0 Å². The number of benzene rings is 2. The van der Waals surface area contributed by atoms with Crippen molar-refractivity contribution in [3.8, 4) is 0 Å². The number of amides is 3. The Morgan fingerprint density at radius 2 is 1.91 bits per heavy atom. The lowest BCUT2D eigenvalue weighted by atomic mass is 9.75. The highest BCUT2D eigenvalue weighted by atomic mass is 19.1. The van der Waals surface area contributed by atoms with Crippen LogP contribution in [0.25, 0.3) is 0 Å². The summed E-state index contributed by atoms with van der Waals surface area (Å²) in [5.74, 6) is -3.92. The second kappa shape index (κ2) is 7.20. The van der Waals surface area contributed by atoms with E-state index in [1.54, 1.807) is 6.92 Å². The molecule has 6 rings (SSSR count). The first-order valence-electron chi connectivity index (χ1n) is 11.4. The number of halogens is 1. The van der Waals surface area contributed by atoms with Crippen molar-refractivity contribution < 1.29 is 28.3 Å². The monoisotopic (exact) mass is 463 g/mol. The van der Waals surface area contributed by atoms with Crippen LogP contribution in [0.2, 0.25) is 0 Å². The normalized spacial score (nSPS) is 29.4. The SMILES string of the molecule is CCOC(=O)c1ccc(N2C(=O)[C@@H]3[C@H]4CCCN4[C@@]4(C(=O)Nc5ccc(F)cc54)[C@@H]3C2=O)cc1.